The summed E-state index contributed by atoms with van der Waals surface area (Å²) in [5, 5.41) is 17.5. The van der Waals surface area contributed by atoms with Gasteiger partial charge in [-0.1, -0.05) is 115 Å². The number of unbranched alkanes of at least 4 members (excludes halogenated alkanes) is 16. The van der Waals surface area contributed by atoms with Crippen LogP contribution in [-0.4, -0.2) is 46.3 Å². The molecule has 2 unspecified atom stereocenters. The van der Waals surface area contributed by atoms with Gasteiger partial charge < -0.3 is 19.7 Å². The van der Waals surface area contributed by atoms with Crippen LogP contribution in [0.1, 0.15) is 194 Å². The Morgan fingerprint density at radius 3 is 1.31 bits per heavy atom. The van der Waals surface area contributed by atoms with Crippen LogP contribution in [0, 0.1) is 0 Å². The van der Waals surface area contributed by atoms with E-state index in [0.29, 0.717) is 12.8 Å². The average molecular weight is 679 g/mol. The molecule has 0 bridgehead atoms. The van der Waals surface area contributed by atoms with Crippen molar-refractivity contribution in [3.8, 4) is 0 Å². The van der Waals surface area contributed by atoms with Crippen molar-refractivity contribution in [2.45, 2.75) is 206 Å². The van der Waals surface area contributed by atoms with Crippen molar-refractivity contribution in [3.05, 3.63) is 24.3 Å². The highest BCUT2D eigenvalue weighted by Crippen LogP contribution is 2.17. The Morgan fingerprint density at radius 1 is 0.458 bits per heavy atom. The molecule has 8 heteroatoms. The topological polar surface area (TPSA) is 127 Å². The van der Waals surface area contributed by atoms with Crippen molar-refractivity contribution < 1.29 is 38.9 Å². The Kier molecular flexibility index (Phi) is 32.3. The van der Waals surface area contributed by atoms with Crippen LogP contribution in [-0.2, 0) is 28.7 Å². The first kappa shape index (κ1) is 45.4. The van der Waals surface area contributed by atoms with Gasteiger partial charge in [0, 0.05) is 25.7 Å². The van der Waals surface area contributed by atoms with Gasteiger partial charge in [0.25, 0.3) is 0 Å². The van der Waals surface area contributed by atoms with E-state index in [-0.39, 0.29) is 37.4 Å². The molecule has 0 aromatic carbocycles. The van der Waals surface area contributed by atoms with Crippen molar-refractivity contribution >= 4 is 23.9 Å². The molecule has 48 heavy (non-hydrogen) atoms. The van der Waals surface area contributed by atoms with Crippen LogP contribution >= 0.6 is 0 Å². The van der Waals surface area contributed by atoms with Crippen molar-refractivity contribution in [1.29, 1.82) is 0 Å². The Bertz CT molecular complexity index is 865. The van der Waals surface area contributed by atoms with Gasteiger partial charge >= 0.3 is 23.9 Å². The van der Waals surface area contributed by atoms with E-state index in [1.165, 1.54) is 19.3 Å². The number of hydrogen-bond donors (Lipinski definition) is 2. The molecule has 2 N–H and O–H groups in total. The minimum atomic E-state index is -0.986. The van der Waals surface area contributed by atoms with Gasteiger partial charge in [-0.3, -0.25) is 19.2 Å². The number of esters is 2. The van der Waals surface area contributed by atoms with Crippen LogP contribution < -0.4 is 0 Å². The zero-order valence-electron chi connectivity index (χ0n) is 30.6. The Morgan fingerprint density at radius 2 is 0.854 bits per heavy atom. The summed E-state index contributed by atoms with van der Waals surface area (Å²) in [5.74, 6) is -2.21. The summed E-state index contributed by atoms with van der Waals surface area (Å²) >= 11 is 0. The number of carbonyl (C=O) groups excluding carboxylic acids is 2. The van der Waals surface area contributed by atoms with E-state index in [1.54, 1.807) is 0 Å². The summed E-state index contributed by atoms with van der Waals surface area (Å²) in [6.45, 7) is 4.36. The molecule has 0 saturated heterocycles. The maximum Gasteiger partial charge on any atom is 0.306 e. The molecule has 0 aliphatic carbocycles. The number of allylic oxidation sites excluding steroid dienone is 2. The zero-order valence-corrected chi connectivity index (χ0v) is 30.6. The van der Waals surface area contributed by atoms with Crippen LogP contribution in [0.2, 0.25) is 0 Å². The minimum Gasteiger partial charge on any atom is -0.481 e. The summed E-state index contributed by atoms with van der Waals surface area (Å²) < 4.78 is 11.5. The van der Waals surface area contributed by atoms with Crippen molar-refractivity contribution in [2.75, 3.05) is 0 Å². The maximum atomic E-state index is 12.6. The molecular formula is C40H70O8. The average Bonchev–Trinajstić information content (AvgIpc) is 3.05. The third kappa shape index (κ3) is 33.3. The van der Waals surface area contributed by atoms with E-state index in [4.69, 9.17) is 19.7 Å². The maximum absolute atomic E-state index is 12.6. The quantitative estimate of drug-likeness (QED) is 0.0385. The van der Waals surface area contributed by atoms with E-state index in [1.807, 2.05) is 0 Å². The van der Waals surface area contributed by atoms with Crippen LogP contribution in [0.5, 0.6) is 0 Å². The predicted octanol–water partition coefficient (Wildman–Crippen LogP) is 11.1. The fourth-order valence-electron chi connectivity index (χ4n) is 5.61. The molecule has 0 saturated carbocycles. The van der Waals surface area contributed by atoms with Gasteiger partial charge in [0.05, 0.1) is 12.8 Å². The molecule has 8 nitrogen and oxygen atoms in total. The van der Waals surface area contributed by atoms with E-state index in [0.717, 1.165) is 128 Å². The molecule has 2 atom stereocenters. The van der Waals surface area contributed by atoms with Gasteiger partial charge in [-0.05, 0) is 64.2 Å². The third-order valence-electron chi connectivity index (χ3n) is 8.54. The van der Waals surface area contributed by atoms with Crippen LogP contribution in [0.25, 0.3) is 0 Å². The Hall–Kier alpha value is -2.64. The zero-order chi connectivity index (χ0) is 35.5. The Labute approximate surface area is 292 Å². The molecule has 0 heterocycles. The van der Waals surface area contributed by atoms with Gasteiger partial charge in [-0.2, -0.15) is 0 Å². The van der Waals surface area contributed by atoms with Gasteiger partial charge in [-0.15, -0.1) is 0 Å². The molecule has 0 spiro atoms. The van der Waals surface area contributed by atoms with Gasteiger partial charge in [0.1, 0.15) is 12.2 Å². The van der Waals surface area contributed by atoms with E-state index in [9.17, 15) is 19.2 Å². The highest BCUT2D eigenvalue weighted by molar-refractivity contribution is 5.76. The summed E-state index contributed by atoms with van der Waals surface area (Å²) in [6.07, 6.45) is 33.3. The van der Waals surface area contributed by atoms with Crippen LogP contribution in [0.4, 0.5) is 0 Å². The first-order valence-electron chi connectivity index (χ1n) is 19.4. The lowest BCUT2D eigenvalue weighted by Gasteiger charge is -2.16. The molecular weight excluding hydrogens is 608 g/mol. The predicted molar refractivity (Wildman–Crippen MR) is 194 cm³/mol. The van der Waals surface area contributed by atoms with E-state index in [2.05, 4.69) is 38.2 Å². The number of carboxylic acids is 2. The highest BCUT2D eigenvalue weighted by Gasteiger charge is 2.15. The van der Waals surface area contributed by atoms with Gasteiger partial charge in [0.15, 0.2) is 0 Å². The number of hydrogen-bond acceptors (Lipinski definition) is 6. The lowest BCUT2D eigenvalue weighted by molar-refractivity contribution is -0.152. The SMILES string of the molecule is CCCCCCC(C/C=C/CCCCCCCC(=O)O)OC(=O)CCCCCCC/C=C/CC(CCCCCC)OC(=O)CCC(=O)O. The molecule has 0 aromatic heterocycles. The summed E-state index contributed by atoms with van der Waals surface area (Å²) in [4.78, 5) is 45.9. The van der Waals surface area contributed by atoms with Crippen molar-refractivity contribution in [1.82, 2.24) is 0 Å². The summed E-state index contributed by atoms with van der Waals surface area (Å²) in [5.41, 5.74) is 0. The molecule has 0 radical (unpaired) electrons. The molecule has 278 valence electrons. The number of aliphatic carboxylic acids is 2. The smallest absolute Gasteiger partial charge is 0.306 e. The molecule has 0 aliphatic heterocycles. The standard InChI is InChI=1S/C40H70O8/c1-3-5-7-21-27-35(29-23-17-13-9-11-15-19-25-31-37(41)42)47-39(45)32-26-20-16-12-10-14-18-24-30-36(28-22-8-6-4-2)48-40(46)34-33-38(43)44/h17-18,23-24,35-36H,3-16,19-22,25-34H2,1-2H3,(H,41,42)(H,43,44)/b23-17+,24-18+. The second-order valence-corrected chi connectivity index (χ2v) is 13.2. The molecule has 0 fully saturated rings. The Balaban J connectivity index is 4.24. The number of carboxylic acid groups (broad SMARTS) is 2. The number of carbonyl (C=O) groups is 4. The van der Waals surface area contributed by atoms with Crippen LogP contribution in [0.3, 0.4) is 0 Å². The molecule has 0 amide bonds. The van der Waals surface area contributed by atoms with Crippen molar-refractivity contribution in [2.24, 2.45) is 0 Å². The normalized spacial score (nSPS) is 12.8. The molecule has 0 aromatic rings. The third-order valence-corrected chi connectivity index (χ3v) is 8.54. The van der Waals surface area contributed by atoms with Crippen LogP contribution in [0.15, 0.2) is 24.3 Å². The fourth-order valence-corrected chi connectivity index (χ4v) is 5.61. The summed E-state index contributed by atoms with van der Waals surface area (Å²) in [6, 6.07) is 0. The van der Waals surface area contributed by atoms with Gasteiger partial charge in [0.2, 0.25) is 0 Å². The largest absolute Gasteiger partial charge is 0.481 e. The molecule has 0 rings (SSSR count). The lowest BCUT2D eigenvalue weighted by Crippen LogP contribution is -2.18. The highest BCUT2D eigenvalue weighted by atomic mass is 16.5. The monoisotopic (exact) mass is 679 g/mol. The second-order valence-electron chi connectivity index (χ2n) is 13.2. The van der Waals surface area contributed by atoms with Crippen molar-refractivity contribution in [3.63, 3.8) is 0 Å². The number of ether oxygens (including phenoxy) is 2. The van der Waals surface area contributed by atoms with E-state index < -0.39 is 17.9 Å². The first-order valence-corrected chi connectivity index (χ1v) is 19.4. The summed E-state index contributed by atoms with van der Waals surface area (Å²) in [7, 11) is 0. The fraction of sp³-hybridized carbons (Fsp3) is 0.800. The second kappa shape index (κ2) is 34.2. The lowest BCUT2D eigenvalue weighted by atomic mass is 10.1. The van der Waals surface area contributed by atoms with E-state index >= 15 is 0 Å². The molecule has 0 aliphatic rings. The van der Waals surface area contributed by atoms with Gasteiger partial charge in [-0.25, -0.2) is 0 Å². The number of rotatable bonds is 35. The minimum absolute atomic E-state index is 0.0439. The first-order chi connectivity index (χ1) is 23.3.